The van der Waals surface area contributed by atoms with E-state index in [0.29, 0.717) is 18.0 Å². The van der Waals surface area contributed by atoms with E-state index in [9.17, 15) is 4.39 Å². The Bertz CT molecular complexity index is 900. The molecule has 24 heavy (non-hydrogen) atoms. The van der Waals surface area contributed by atoms with Crippen molar-refractivity contribution < 1.29 is 4.39 Å². The molecule has 6 heteroatoms. The highest BCUT2D eigenvalue weighted by atomic mass is 32.1. The van der Waals surface area contributed by atoms with Gasteiger partial charge in [0, 0.05) is 6.54 Å². The maximum atomic E-state index is 13.3. The number of hydrogen-bond donors (Lipinski definition) is 0. The maximum absolute atomic E-state index is 13.3. The van der Waals surface area contributed by atoms with Crippen molar-refractivity contribution in [2.75, 3.05) is 7.05 Å². The number of hydrogen-bond acceptors (Lipinski definition) is 3. The minimum Gasteiger partial charge on any atom is -0.283 e. The normalized spacial score (nSPS) is 11.2. The fourth-order valence-electron chi connectivity index (χ4n) is 2.66. The quantitative estimate of drug-likeness (QED) is 0.657. The van der Waals surface area contributed by atoms with Crippen molar-refractivity contribution in [1.82, 2.24) is 19.2 Å². The first-order chi connectivity index (χ1) is 11.5. The van der Waals surface area contributed by atoms with Gasteiger partial charge in [-0.2, -0.15) is 5.10 Å². The summed E-state index contributed by atoms with van der Waals surface area (Å²) in [5.74, 6) is -0.221. The van der Waals surface area contributed by atoms with Gasteiger partial charge < -0.3 is 0 Å². The van der Waals surface area contributed by atoms with Gasteiger partial charge >= 0.3 is 0 Å². The van der Waals surface area contributed by atoms with Gasteiger partial charge in [-0.25, -0.2) is 9.07 Å². The van der Waals surface area contributed by atoms with Crippen LogP contribution in [0.25, 0.3) is 5.69 Å². The van der Waals surface area contributed by atoms with E-state index in [0.717, 1.165) is 16.8 Å². The van der Waals surface area contributed by atoms with Crippen molar-refractivity contribution in [2.24, 2.45) is 0 Å². The van der Waals surface area contributed by atoms with Crippen molar-refractivity contribution in [3.8, 4) is 5.69 Å². The van der Waals surface area contributed by atoms with Crippen molar-refractivity contribution >= 4 is 12.2 Å². The summed E-state index contributed by atoms with van der Waals surface area (Å²) >= 11 is 5.55. The van der Waals surface area contributed by atoms with Crippen LogP contribution in [0.2, 0.25) is 0 Å². The van der Waals surface area contributed by atoms with Gasteiger partial charge in [0.05, 0.1) is 12.4 Å². The molecule has 2 aromatic carbocycles. The van der Waals surface area contributed by atoms with E-state index < -0.39 is 0 Å². The van der Waals surface area contributed by atoms with Crippen LogP contribution in [-0.2, 0) is 13.2 Å². The first-order valence-corrected chi connectivity index (χ1v) is 8.09. The number of para-hydroxylation sites is 1. The molecule has 0 saturated heterocycles. The third-order valence-electron chi connectivity index (χ3n) is 3.83. The Morgan fingerprint density at radius 3 is 2.71 bits per heavy atom. The summed E-state index contributed by atoms with van der Waals surface area (Å²) in [6, 6.07) is 14.7. The largest absolute Gasteiger partial charge is 0.283 e. The van der Waals surface area contributed by atoms with Gasteiger partial charge in [0.15, 0.2) is 0 Å². The van der Waals surface area contributed by atoms with Crippen LogP contribution in [0.5, 0.6) is 0 Å². The molecule has 0 saturated carbocycles. The molecule has 0 N–H and O–H groups in total. The summed E-state index contributed by atoms with van der Waals surface area (Å²) in [6.45, 7) is 3.20. The van der Waals surface area contributed by atoms with Gasteiger partial charge in [-0.05, 0) is 55.5 Å². The van der Waals surface area contributed by atoms with Gasteiger partial charge in [0.2, 0.25) is 4.77 Å². The molecule has 0 fully saturated rings. The van der Waals surface area contributed by atoms with Gasteiger partial charge in [0.1, 0.15) is 12.1 Å². The lowest BCUT2D eigenvalue weighted by molar-refractivity contribution is 0.244. The molecule has 0 atom stereocenters. The third kappa shape index (κ3) is 3.60. The summed E-state index contributed by atoms with van der Waals surface area (Å²) in [5.41, 5.74) is 3.09. The molecule has 3 rings (SSSR count). The molecular weight excluding hydrogens is 323 g/mol. The Hall–Kier alpha value is -2.31. The number of aromatic nitrogens is 3. The van der Waals surface area contributed by atoms with Gasteiger partial charge in [-0.15, -0.1) is 0 Å². The lowest BCUT2D eigenvalue weighted by Crippen LogP contribution is -2.22. The molecule has 1 heterocycles. The van der Waals surface area contributed by atoms with Crippen molar-refractivity contribution in [3.63, 3.8) is 0 Å². The molecule has 0 amide bonds. The SMILES string of the molecule is Cc1ccccc1-n1cnn(CN(C)Cc2cccc(F)c2)c1=S. The Kier molecular flexibility index (Phi) is 4.87. The smallest absolute Gasteiger partial charge is 0.203 e. The molecule has 124 valence electrons. The summed E-state index contributed by atoms with van der Waals surface area (Å²) < 4.78 is 17.6. The van der Waals surface area contributed by atoms with Gasteiger partial charge in [0.25, 0.3) is 0 Å². The second-order valence-corrected chi connectivity index (χ2v) is 6.22. The van der Waals surface area contributed by atoms with E-state index in [4.69, 9.17) is 12.2 Å². The zero-order valence-electron chi connectivity index (χ0n) is 13.7. The predicted molar refractivity (Wildman–Crippen MR) is 95.0 cm³/mol. The van der Waals surface area contributed by atoms with Crippen LogP contribution in [0.4, 0.5) is 4.39 Å². The van der Waals surface area contributed by atoms with Crippen LogP contribution in [0.1, 0.15) is 11.1 Å². The molecule has 4 nitrogen and oxygen atoms in total. The summed E-state index contributed by atoms with van der Waals surface area (Å²) in [5, 5.41) is 4.39. The molecule has 0 aliphatic rings. The number of aryl methyl sites for hydroxylation is 1. The van der Waals surface area contributed by atoms with Crippen LogP contribution in [0.3, 0.4) is 0 Å². The standard InChI is InChI=1S/C18H19FN4S/c1-14-6-3-4-9-17(14)22-12-20-23(18(22)24)13-21(2)11-15-7-5-8-16(19)10-15/h3-10,12H,11,13H2,1-2H3. The zero-order chi connectivity index (χ0) is 17.1. The minimum atomic E-state index is -0.221. The highest BCUT2D eigenvalue weighted by Gasteiger charge is 2.08. The van der Waals surface area contributed by atoms with Crippen molar-refractivity contribution in [2.45, 2.75) is 20.1 Å². The Morgan fingerprint density at radius 2 is 1.96 bits per heavy atom. The van der Waals surface area contributed by atoms with Crippen LogP contribution in [0, 0.1) is 17.5 Å². The second-order valence-electron chi connectivity index (χ2n) is 5.86. The number of halogens is 1. The van der Waals surface area contributed by atoms with Gasteiger partial charge in [-0.3, -0.25) is 9.47 Å². The molecule has 0 aliphatic heterocycles. The van der Waals surface area contributed by atoms with E-state index >= 15 is 0 Å². The minimum absolute atomic E-state index is 0.221. The van der Waals surface area contributed by atoms with Crippen LogP contribution in [0.15, 0.2) is 54.9 Å². The molecule has 1 aromatic heterocycles. The van der Waals surface area contributed by atoms with Crippen molar-refractivity contribution in [1.29, 1.82) is 0 Å². The van der Waals surface area contributed by atoms with Crippen LogP contribution < -0.4 is 0 Å². The Morgan fingerprint density at radius 1 is 1.17 bits per heavy atom. The predicted octanol–water partition coefficient (Wildman–Crippen LogP) is 3.94. The fraction of sp³-hybridized carbons (Fsp3) is 0.222. The lowest BCUT2D eigenvalue weighted by atomic mass is 10.2. The maximum Gasteiger partial charge on any atom is 0.203 e. The van der Waals surface area contributed by atoms with Crippen LogP contribution >= 0.6 is 12.2 Å². The van der Waals surface area contributed by atoms with Crippen molar-refractivity contribution in [3.05, 3.63) is 76.6 Å². The zero-order valence-corrected chi connectivity index (χ0v) is 14.5. The van der Waals surface area contributed by atoms with E-state index in [1.165, 1.54) is 6.07 Å². The van der Waals surface area contributed by atoms with Gasteiger partial charge in [-0.1, -0.05) is 30.3 Å². The molecule has 0 radical (unpaired) electrons. The number of rotatable bonds is 5. The molecule has 0 aliphatic carbocycles. The molecular formula is C18H19FN4S. The molecule has 0 spiro atoms. The molecule has 0 unspecified atom stereocenters. The first-order valence-electron chi connectivity index (χ1n) is 7.68. The summed E-state index contributed by atoms with van der Waals surface area (Å²) in [4.78, 5) is 2.04. The van der Waals surface area contributed by atoms with E-state index in [2.05, 4.69) is 5.10 Å². The molecule has 0 bridgehead atoms. The second kappa shape index (κ2) is 7.07. The number of benzene rings is 2. The average molecular weight is 342 g/mol. The Labute approximate surface area is 145 Å². The van der Waals surface area contributed by atoms with E-state index in [1.54, 1.807) is 23.1 Å². The topological polar surface area (TPSA) is 26.0 Å². The van der Waals surface area contributed by atoms with Crippen LogP contribution in [-0.4, -0.2) is 26.3 Å². The fourth-order valence-corrected chi connectivity index (χ4v) is 2.91. The highest BCUT2D eigenvalue weighted by Crippen LogP contribution is 2.14. The average Bonchev–Trinajstić information content (AvgIpc) is 2.89. The summed E-state index contributed by atoms with van der Waals surface area (Å²) in [7, 11) is 1.96. The first kappa shape index (κ1) is 16.5. The highest BCUT2D eigenvalue weighted by molar-refractivity contribution is 7.71. The van der Waals surface area contributed by atoms with E-state index in [-0.39, 0.29) is 5.82 Å². The van der Waals surface area contributed by atoms with E-state index in [1.807, 2.05) is 53.8 Å². The summed E-state index contributed by atoms with van der Waals surface area (Å²) in [6.07, 6.45) is 1.74. The number of nitrogens with zero attached hydrogens (tertiary/aromatic N) is 4. The molecule has 3 aromatic rings. The lowest BCUT2D eigenvalue weighted by Gasteiger charge is -2.16. The third-order valence-corrected chi connectivity index (χ3v) is 4.23. The monoisotopic (exact) mass is 342 g/mol. The Balaban J connectivity index is 1.77.